The summed E-state index contributed by atoms with van der Waals surface area (Å²) in [6.45, 7) is -0.217. The van der Waals surface area contributed by atoms with E-state index in [1.54, 1.807) is 6.07 Å². The number of benzene rings is 1. The van der Waals surface area contributed by atoms with Crippen molar-refractivity contribution < 1.29 is 14.2 Å². The van der Waals surface area contributed by atoms with Crippen molar-refractivity contribution in [1.29, 1.82) is 0 Å². The van der Waals surface area contributed by atoms with E-state index in [0.717, 1.165) is 0 Å². The number of hydrogen-bond acceptors (Lipinski definition) is 4. The Hall–Kier alpha value is -1.95. The standard InChI is InChI=1S/C10H10FN3O2/c1-16-8-4-6(2-3-7(8)11)10-12-9(5-15)13-14-10/h2-4,15H,5H2,1H3,(H,12,13,14). The summed E-state index contributed by atoms with van der Waals surface area (Å²) in [5.41, 5.74) is 0.620. The zero-order valence-corrected chi connectivity index (χ0v) is 8.57. The number of ether oxygens (including phenoxy) is 1. The van der Waals surface area contributed by atoms with E-state index in [1.807, 2.05) is 0 Å². The summed E-state index contributed by atoms with van der Waals surface area (Å²) in [5.74, 6) is 0.442. The Morgan fingerprint density at radius 2 is 2.31 bits per heavy atom. The van der Waals surface area contributed by atoms with Gasteiger partial charge in [-0.2, -0.15) is 5.10 Å². The number of halogens is 1. The highest BCUT2D eigenvalue weighted by molar-refractivity contribution is 5.57. The molecule has 2 rings (SSSR count). The fraction of sp³-hybridized carbons (Fsp3) is 0.200. The highest BCUT2D eigenvalue weighted by Crippen LogP contribution is 2.23. The van der Waals surface area contributed by atoms with Crippen LogP contribution in [0.15, 0.2) is 18.2 Å². The van der Waals surface area contributed by atoms with Gasteiger partial charge in [-0.1, -0.05) is 0 Å². The smallest absolute Gasteiger partial charge is 0.181 e. The first-order valence-electron chi connectivity index (χ1n) is 4.60. The summed E-state index contributed by atoms with van der Waals surface area (Å²) >= 11 is 0. The van der Waals surface area contributed by atoms with E-state index < -0.39 is 5.82 Å². The van der Waals surface area contributed by atoms with E-state index >= 15 is 0 Å². The molecule has 2 N–H and O–H groups in total. The molecule has 6 heteroatoms. The van der Waals surface area contributed by atoms with Crippen LogP contribution in [-0.2, 0) is 6.61 Å². The lowest BCUT2D eigenvalue weighted by atomic mass is 10.2. The molecule has 2 aromatic rings. The summed E-state index contributed by atoms with van der Waals surface area (Å²) in [6, 6.07) is 4.32. The van der Waals surface area contributed by atoms with Crippen LogP contribution < -0.4 is 4.74 Å². The van der Waals surface area contributed by atoms with E-state index in [2.05, 4.69) is 15.2 Å². The summed E-state index contributed by atoms with van der Waals surface area (Å²) < 4.78 is 18.0. The number of aromatic nitrogens is 3. The lowest BCUT2D eigenvalue weighted by Gasteiger charge is -2.02. The van der Waals surface area contributed by atoms with Gasteiger partial charge in [-0.05, 0) is 18.2 Å². The first-order valence-corrected chi connectivity index (χ1v) is 4.60. The molecule has 0 aliphatic heterocycles. The molecule has 16 heavy (non-hydrogen) atoms. The van der Waals surface area contributed by atoms with Gasteiger partial charge in [0.25, 0.3) is 0 Å². The summed E-state index contributed by atoms with van der Waals surface area (Å²) in [6.07, 6.45) is 0. The van der Waals surface area contributed by atoms with Crippen molar-refractivity contribution >= 4 is 0 Å². The normalized spacial score (nSPS) is 10.4. The molecule has 0 amide bonds. The van der Waals surface area contributed by atoms with E-state index in [-0.39, 0.29) is 12.4 Å². The molecule has 0 fully saturated rings. The molecule has 0 aliphatic carbocycles. The van der Waals surface area contributed by atoms with Crippen LogP contribution in [0.1, 0.15) is 5.82 Å². The van der Waals surface area contributed by atoms with Gasteiger partial charge in [-0.15, -0.1) is 0 Å². The minimum atomic E-state index is -0.441. The number of rotatable bonds is 3. The second-order valence-electron chi connectivity index (χ2n) is 3.11. The second-order valence-corrected chi connectivity index (χ2v) is 3.11. The molecule has 0 radical (unpaired) electrons. The number of aliphatic hydroxyl groups is 1. The maximum Gasteiger partial charge on any atom is 0.181 e. The molecule has 1 aromatic heterocycles. The van der Waals surface area contributed by atoms with Crippen LogP contribution in [0.2, 0.25) is 0 Å². The second kappa shape index (κ2) is 4.28. The molecular formula is C10H10FN3O2. The van der Waals surface area contributed by atoms with E-state index in [4.69, 9.17) is 9.84 Å². The Balaban J connectivity index is 2.40. The molecule has 0 aliphatic rings. The van der Waals surface area contributed by atoms with Crippen LogP contribution in [0.4, 0.5) is 4.39 Å². The van der Waals surface area contributed by atoms with E-state index in [9.17, 15) is 4.39 Å². The monoisotopic (exact) mass is 223 g/mol. The third-order valence-corrected chi connectivity index (χ3v) is 2.09. The summed E-state index contributed by atoms with van der Waals surface area (Å²) in [4.78, 5) is 4.01. The Morgan fingerprint density at radius 1 is 1.50 bits per heavy atom. The van der Waals surface area contributed by atoms with Crippen LogP contribution >= 0.6 is 0 Å². The molecule has 0 saturated carbocycles. The van der Waals surface area contributed by atoms with Crippen molar-refractivity contribution in [3.63, 3.8) is 0 Å². The zero-order valence-electron chi connectivity index (χ0n) is 8.57. The number of aliphatic hydroxyl groups excluding tert-OH is 1. The van der Waals surface area contributed by atoms with E-state index in [1.165, 1.54) is 19.2 Å². The number of H-pyrrole nitrogens is 1. The fourth-order valence-corrected chi connectivity index (χ4v) is 1.29. The minimum Gasteiger partial charge on any atom is -0.494 e. The van der Waals surface area contributed by atoms with Crippen molar-refractivity contribution in [1.82, 2.24) is 15.2 Å². The van der Waals surface area contributed by atoms with Crippen LogP contribution in [0.25, 0.3) is 11.4 Å². The molecular weight excluding hydrogens is 213 g/mol. The molecule has 84 valence electrons. The number of methoxy groups -OCH3 is 1. The third-order valence-electron chi connectivity index (χ3n) is 2.09. The predicted molar refractivity (Wildman–Crippen MR) is 54.3 cm³/mol. The summed E-state index contributed by atoms with van der Waals surface area (Å²) in [5, 5.41) is 15.3. The minimum absolute atomic E-state index is 0.132. The topological polar surface area (TPSA) is 71.0 Å². The van der Waals surface area contributed by atoms with E-state index in [0.29, 0.717) is 17.2 Å². The maximum absolute atomic E-state index is 13.1. The zero-order chi connectivity index (χ0) is 11.5. The summed E-state index contributed by atoms with van der Waals surface area (Å²) in [7, 11) is 1.39. The molecule has 0 spiro atoms. The molecule has 0 bridgehead atoms. The molecule has 0 unspecified atom stereocenters. The van der Waals surface area contributed by atoms with Gasteiger partial charge in [-0.3, -0.25) is 5.10 Å². The van der Waals surface area contributed by atoms with Gasteiger partial charge in [0, 0.05) is 5.56 Å². The Bertz CT molecular complexity index is 499. The quantitative estimate of drug-likeness (QED) is 0.817. The highest BCUT2D eigenvalue weighted by Gasteiger charge is 2.09. The van der Waals surface area contributed by atoms with Gasteiger partial charge in [-0.25, -0.2) is 9.37 Å². The Labute approximate surface area is 90.9 Å². The largest absolute Gasteiger partial charge is 0.494 e. The van der Waals surface area contributed by atoms with Crippen molar-refractivity contribution in [2.75, 3.05) is 7.11 Å². The first kappa shape index (κ1) is 10.6. The molecule has 1 aromatic carbocycles. The molecule has 0 atom stereocenters. The fourth-order valence-electron chi connectivity index (χ4n) is 1.29. The van der Waals surface area contributed by atoms with Crippen molar-refractivity contribution in [3.8, 4) is 17.1 Å². The first-order chi connectivity index (χ1) is 7.74. The average molecular weight is 223 g/mol. The van der Waals surface area contributed by atoms with Crippen molar-refractivity contribution in [2.45, 2.75) is 6.61 Å². The van der Waals surface area contributed by atoms with Crippen LogP contribution in [0, 0.1) is 5.82 Å². The predicted octanol–water partition coefficient (Wildman–Crippen LogP) is 1.11. The van der Waals surface area contributed by atoms with Crippen LogP contribution in [0.5, 0.6) is 5.75 Å². The average Bonchev–Trinajstić information content (AvgIpc) is 2.78. The highest BCUT2D eigenvalue weighted by atomic mass is 19.1. The number of aromatic amines is 1. The SMILES string of the molecule is COc1cc(-c2n[nH]c(CO)n2)ccc1F. The van der Waals surface area contributed by atoms with Gasteiger partial charge in [0.15, 0.2) is 23.2 Å². The molecule has 5 nitrogen and oxygen atoms in total. The Morgan fingerprint density at radius 3 is 2.94 bits per heavy atom. The van der Waals surface area contributed by atoms with Gasteiger partial charge in [0.05, 0.1) is 7.11 Å². The Kier molecular flexibility index (Phi) is 2.82. The van der Waals surface area contributed by atoms with Gasteiger partial charge >= 0.3 is 0 Å². The van der Waals surface area contributed by atoms with Crippen molar-refractivity contribution in [3.05, 3.63) is 29.8 Å². The molecule has 1 heterocycles. The van der Waals surface area contributed by atoms with Crippen LogP contribution in [-0.4, -0.2) is 27.4 Å². The number of nitrogens with one attached hydrogen (secondary N) is 1. The van der Waals surface area contributed by atoms with Gasteiger partial charge in [0.2, 0.25) is 0 Å². The van der Waals surface area contributed by atoms with Gasteiger partial charge < -0.3 is 9.84 Å². The maximum atomic E-state index is 13.1. The van der Waals surface area contributed by atoms with Crippen LogP contribution in [0.3, 0.4) is 0 Å². The van der Waals surface area contributed by atoms with Gasteiger partial charge in [0.1, 0.15) is 6.61 Å². The third kappa shape index (κ3) is 1.87. The molecule has 0 saturated heterocycles. The lowest BCUT2D eigenvalue weighted by Crippen LogP contribution is -1.90. The lowest BCUT2D eigenvalue weighted by molar-refractivity contribution is 0.272. The number of hydrogen-bond donors (Lipinski definition) is 2. The van der Waals surface area contributed by atoms with Crippen molar-refractivity contribution in [2.24, 2.45) is 0 Å². The number of nitrogens with zero attached hydrogens (tertiary/aromatic N) is 2.